The fraction of sp³-hybridized carbons (Fsp3) is 1.00. The molecule has 0 aromatic heterocycles. The average molecular weight is 162 g/mol. The van der Waals surface area contributed by atoms with Gasteiger partial charge in [0.2, 0.25) is 0 Å². The summed E-state index contributed by atoms with van der Waals surface area (Å²) in [6.45, 7) is 4.30. The van der Waals surface area contributed by atoms with E-state index in [9.17, 15) is 8.42 Å². The molecule has 0 radical (unpaired) electrons. The van der Waals surface area contributed by atoms with Gasteiger partial charge in [-0.25, -0.2) is 0 Å². The Bertz CT molecular complexity index is 169. The van der Waals surface area contributed by atoms with Gasteiger partial charge in [-0.05, 0) is 20.8 Å². The predicted octanol–water partition coefficient (Wildman–Crippen LogP) is -2.21. The third kappa shape index (κ3) is 4.33. The second-order valence-corrected chi connectivity index (χ2v) is 4.76. The van der Waals surface area contributed by atoms with E-state index in [0.29, 0.717) is 0 Å². The number of rotatable bonds is 0. The summed E-state index contributed by atoms with van der Waals surface area (Å²) in [5, 5.41) is 0. The van der Waals surface area contributed by atoms with Crippen LogP contribution in [0.5, 0.6) is 0 Å². The zero-order valence-corrected chi connectivity index (χ0v) is 8.99. The zero-order valence-electron chi connectivity index (χ0n) is 7.17. The molecule has 5 heteroatoms. The van der Waals surface area contributed by atoms with Crippen LogP contribution < -0.4 is 29.6 Å². The zero-order chi connectivity index (χ0) is 7.00. The summed E-state index contributed by atoms with van der Waals surface area (Å²) in [7, 11) is -3.84. The molecular weight excluding hydrogens is 151 g/mol. The van der Waals surface area contributed by atoms with Crippen LogP contribution in [0.3, 0.4) is 0 Å². The van der Waals surface area contributed by atoms with Crippen molar-refractivity contribution in [1.82, 2.24) is 0 Å². The van der Waals surface area contributed by atoms with E-state index in [2.05, 4.69) is 0 Å². The van der Waals surface area contributed by atoms with Gasteiger partial charge in [-0.1, -0.05) is 0 Å². The summed E-state index contributed by atoms with van der Waals surface area (Å²) in [5.41, 5.74) is 0. The van der Waals surface area contributed by atoms with Gasteiger partial charge in [0, 0.05) is 0 Å². The van der Waals surface area contributed by atoms with E-state index in [1.165, 1.54) is 20.8 Å². The molecule has 9 heavy (non-hydrogen) atoms. The van der Waals surface area contributed by atoms with Gasteiger partial charge in [-0.3, -0.25) is 4.55 Å². The topological polar surface area (TPSA) is 54.4 Å². The minimum absolute atomic E-state index is 0. The first-order valence-corrected chi connectivity index (χ1v) is 3.66. The van der Waals surface area contributed by atoms with Crippen LogP contribution in [0.15, 0.2) is 0 Å². The van der Waals surface area contributed by atoms with Gasteiger partial charge in [-0.15, -0.1) is 0 Å². The van der Waals surface area contributed by atoms with Crippen LogP contribution in [-0.4, -0.2) is 17.7 Å². The molecule has 0 spiro atoms. The Morgan fingerprint density at radius 3 is 1.44 bits per heavy atom. The van der Waals surface area contributed by atoms with Crippen LogP contribution in [0.1, 0.15) is 22.2 Å². The van der Waals surface area contributed by atoms with Gasteiger partial charge in [0.15, 0.2) is 0 Å². The molecule has 0 aromatic carbocycles. The van der Waals surface area contributed by atoms with Gasteiger partial charge in [0.05, 0.1) is 4.75 Å². The molecule has 0 aliphatic carbocycles. The summed E-state index contributed by atoms with van der Waals surface area (Å²) in [6.07, 6.45) is 0. The van der Waals surface area contributed by atoms with Gasteiger partial charge in [0.1, 0.15) is 0 Å². The van der Waals surface area contributed by atoms with Crippen LogP contribution in [0, 0.1) is 0 Å². The normalized spacial score (nSPS) is 12.4. The van der Waals surface area contributed by atoms with E-state index in [1.807, 2.05) is 0 Å². The molecule has 0 bridgehead atoms. The van der Waals surface area contributed by atoms with Crippen molar-refractivity contribution >= 4 is 10.1 Å². The first-order chi connectivity index (χ1) is 3.25. The van der Waals surface area contributed by atoms with Crippen molar-refractivity contribution in [2.75, 3.05) is 0 Å². The van der Waals surface area contributed by atoms with Crippen LogP contribution in [0.2, 0.25) is 0 Å². The first kappa shape index (κ1) is 12.6. The maximum Gasteiger partial charge on any atom is 1.00 e. The van der Waals surface area contributed by atoms with E-state index >= 15 is 0 Å². The maximum atomic E-state index is 10.2. The van der Waals surface area contributed by atoms with E-state index in [-0.39, 0.29) is 31.0 Å². The summed E-state index contributed by atoms with van der Waals surface area (Å²) < 4.78 is 27.7. The molecule has 0 saturated carbocycles. The summed E-state index contributed by atoms with van der Waals surface area (Å²) in [4.78, 5) is 0. The fourth-order valence-electron chi connectivity index (χ4n) is 0. The van der Waals surface area contributed by atoms with Crippen molar-refractivity contribution in [3.05, 3.63) is 0 Å². The molecule has 0 heterocycles. The third-order valence-electron chi connectivity index (χ3n) is 0.774. The maximum absolute atomic E-state index is 10.2. The number of hydrogen-bond acceptors (Lipinski definition) is 2. The van der Waals surface area contributed by atoms with Crippen LogP contribution >= 0.6 is 0 Å². The van der Waals surface area contributed by atoms with Gasteiger partial charge >= 0.3 is 29.6 Å². The van der Waals surface area contributed by atoms with Crippen molar-refractivity contribution in [1.29, 1.82) is 0 Å². The van der Waals surface area contributed by atoms with Crippen molar-refractivity contribution in [3.63, 3.8) is 0 Å². The molecule has 0 fully saturated rings. The van der Waals surface area contributed by atoms with Gasteiger partial charge in [-0.2, -0.15) is 8.42 Å². The Morgan fingerprint density at radius 1 is 1.33 bits per heavy atom. The van der Waals surface area contributed by atoms with Gasteiger partial charge < -0.3 is 1.43 Å². The minimum Gasteiger partial charge on any atom is -1.00 e. The largest absolute Gasteiger partial charge is 1.00 e. The Labute approximate surface area is 79.4 Å². The Kier molecular flexibility index (Phi) is 4.67. The molecule has 0 aliphatic heterocycles. The van der Waals surface area contributed by atoms with Crippen LogP contribution in [-0.2, 0) is 10.1 Å². The first-order valence-electron chi connectivity index (χ1n) is 2.22. The molecule has 0 unspecified atom stereocenters. The standard InChI is InChI=1S/C4H10O3S.Na.H/c1-4(2,3)8(5,6)7;;/h1-3H3,(H,5,6,7);;/q;+1;-1. The van der Waals surface area contributed by atoms with Crippen LogP contribution in [0.25, 0.3) is 0 Å². The molecular formula is C4H11NaO3S. The van der Waals surface area contributed by atoms with E-state index < -0.39 is 14.9 Å². The SMILES string of the molecule is CC(C)(C)S(=O)(=O)O.[H-].[Na+]. The molecule has 0 aromatic rings. The minimum atomic E-state index is -3.84. The van der Waals surface area contributed by atoms with Crippen molar-refractivity contribution in [2.45, 2.75) is 25.5 Å². The molecule has 1 N–H and O–H groups in total. The van der Waals surface area contributed by atoms with E-state index in [4.69, 9.17) is 4.55 Å². The molecule has 52 valence electrons. The summed E-state index contributed by atoms with van der Waals surface area (Å²) >= 11 is 0. The molecule has 0 aliphatic rings. The van der Waals surface area contributed by atoms with E-state index in [0.717, 1.165) is 0 Å². The van der Waals surface area contributed by atoms with Crippen molar-refractivity contribution < 1.29 is 44.0 Å². The predicted molar refractivity (Wildman–Crippen MR) is 32.4 cm³/mol. The van der Waals surface area contributed by atoms with Gasteiger partial charge in [0.25, 0.3) is 10.1 Å². The second-order valence-electron chi connectivity index (χ2n) is 2.59. The second kappa shape index (κ2) is 3.34. The van der Waals surface area contributed by atoms with Crippen molar-refractivity contribution in [3.8, 4) is 0 Å². The Hall–Kier alpha value is 0.910. The molecule has 0 atom stereocenters. The third-order valence-corrected chi connectivity index (χ3v) is 2.32. The summed E-state index contributed by atoms with van der Waals surface area (Å²) in [5.74, 6) is 0. The molecule has 0 amide bonds. The monoisotopic (exact) mass is 162 g/mol. The van der Waals surface area contributed by atoms with Crippen molar-refractivity contribution in [2.24, 2.45) is 0 Å². The summed E-state index contributed by atoms with van der Waals surface area (Å²) in [6, 6.07) is 0. The molecule has 3 nitrogen and oxygen atoms in total. The molecule has 0 rings (SSSR count). The van der Waals surface area contributed by atoms with E-state index in [1.54, 1.807) is 0 Å². The Balaban J connectivity index is -0.000000245. The fourth-order valence-corrected chi connectivity index (χ4v) is 0. The smallest absolute Gasteiger partial charge is 1.00 e. The average Bonchev–Trinajstić information content (AvgIpc) is 1.25. The molecule has 0 saturated heterocycles. The number of hydrogen-bond donors (Lipinski definition) is 1. The quantitative estimate of drug-likeness (QED) is 0.324. The van der Waals surface area contributed by atoms with Crippen LogP contribution in [0.4, 0.5) is 0 Å². The Morgan fingerprint density at radius 2 is 1.44 bits per heavy atom.